The maximum absolute atomic E-state index is 12.3. The van der Waals surface area contributed by atoms with Crippen LogP contribution in [-0.2, 0) is 16.1 Å². The van der Waals surface area contributed by atoms with Gasteiger partial charge < -0.3 is 20.3 Å². The van der Waals surface area contributed by atoms with Crippen LogP contribution in [0.4, 0.5) is 5.69 Å². The number of ether oxygens (including phenoxy) is 1. The lowest BCUT2D eigenvalue weighted by Gasteiger charge is -2.23. The number of hydrogen-bond acceptors (Lipinski definition) is 5. The van der Waals surface area contributed by atoms with Gasteiger partial charge in [0, 0.05) is 26.4 Å². The topological polar surface area (TPSA) is 76.6 Å². The highest BCUT2D eigenvalue weighted by atomic mass is 16.5. The molecule has 0 aliphatic heterocycles. The van der Waals surface area contributed by atoms with Gasteiger partial charge in [-0.2, -0.15) is 5.10 Å². The highest BCUT2D eigenvalue weighted by molar-refractivity contribution is 5.76. The van der Waals surface area contributed by atoms with Crippen molar-refractivity contribution in [3.05, 3.63) is 12.4 Å². The molecule has 0 aromatic carbocycles. The van der Waals surface area contributed by atoms with Crippen LogP contribution in [0.1, 0.15) is 6.42 Å². The second-order valence-corrected chi connectivity index (χ2v) is 5.00. The summed E-state index contributed by atoms with van der Waals surface area (Å²) in [4.78, 5) is 16.2. The summed E-state index contributed by atoms with van der Waals surface area (Å²) in [6.45, 7) is 3.01. The van der Waals surface area contributed by atoms with E-state index in [2.05, 4.69) is 10.00 Å². The number of anilines is 1. The van der Waals surface area contributed by atoms with E-state index in [0.717, 1.165) is 19.5 Å². The number of nitrogens with zero attached hydrogens (tertiary/aromatic N) is 4. The van der Waals surface area contributed by atoms with Crippen LogP contribution in [0, 0.1) is 0 Å². The van der Waals surface area contributed by atoms with Crippen LogP contribution in [0.15, 0.2) is 12.4 Å². The Morgan fingerprint density at radius 3 is 2.70 bits per heavy atom. The Morgan fingerprint density at radius 1 is 1.40 bits per heavy atom. The van der Waals surface area contributed by atoms with Gasteiger partial charge in [-0.05, 0) is 27.1 Å². The molecule has 0 unspecified atom stereocenters. The first-order chi connectivity index (χ1) is 9.52. The lowest BCUT2D eigenvalue weighted by Crippen LogP contribution is -2.38. The average Bonchev–Trinajstić information content (AvgIpc) is 2.78. The predicted molar refractivity (Wildman–Crippen MR) is 78.3 cm³/mol. The van der Waals surface area contributed by atoms with Crippen molar-refractivity contribution in [1.82, 2.24) is 19.6 Å². The van der Waals surface area contributed by atoms with E-state index in [4.69, 9.17) is 10.5 Å². The molecule has 7 nitrogen and oxygen atoms in total. The van der Waals surface area contributed by atoms with Crippen LogP contribution in [0.25, 0.3) is 0 Å². The van der Waals surface area contributed by atoms with Crippen molar-refractivity contribution in [1.29, 1.82) is 0 Å². The number of hydrogen-bond donors (Lipinski definition) is 1. The Kier molecular flexibility index (Phi) is 7.03. The third kappa shape index (κ3) is 6.03. The van der Waals surface area contributed by atoms with Crippen molar-refractivity contribution < 1.29 is 9.53 Å². The van der Waals surface area contributed by atoms with E-state index < -0.39 is 0 Å². The molecule has 7 heteroatoms. The van der Waals surface area contributed by atoms with Gasteiger partial charge in [0.05, 0.1) is 18.5 Å². The normalized spacial score (nSPS) is 11.0. The molecule has 1 heterocycles. The van der Waals surface area contributed by atoms with Crippen LogP contribution in [0.2, 0.25) is 0 Å². The van der Waals surface area contributed by atoms with Crippen LogP contribution >= 0.6 is 0 Å². The molecule has 0 atom stereocenters. The molecule has 0 saturated carbocycles. The van der Waals surface area contributed by atoms with E-state index in [1.165, 1.54) is 0 Å². The molecule has 20 heavy (non-hydrogen) atoms. The number of methoxy groups -OCH3 is 1. The van der Waals surface area contributed by atoms with Crippen molar-refractivity contribution in [3.63, 3.8) is 0 Å². The van der Waals surface area contributed by atoms with Crippen LogP contribution in [-0.4, -0.2) is 72.9 Å². The third-order valence-electron chi connectivity index (χ3n) is 2.90. The first-order valence-electron chi connectivity index (χ1n) is 6.72. The molecule has 0 fully saturated rings. The van der Waals surface area contributed by atoms with Gasteiger partial charge >= 0.3 is 0 Å². The quantitative estimate of drug-likeness (QED) is 0.684. The minimum absolute atomic E-state index is 0.0314. The summed E-state index contributed by atoms with van der Waals surface area (Å²) in [5.74, 6) is 0.0314. The van der Waals surface area contributed by atoms with Crippen LogP contribution < -0.4 is 5.73 Å². The summed E-state index contributed by atoms with van der Waals surface area (Å²) in [6.07, 6.45) is 4.13. The molecule has 1 rings (SSSR count). The molecule has 1 aromatic rings. The van der Waals surface area contributed by atoms with Crippen molar-refractivity contribution in [2.75, 3.05) is 53.2 Å². The van der Waals surface area contributed by atoms with Gasteiger partial charge in [0.1, 0.15) is 6.54 Å². The molecular formula is C13H25N5O2. The predicted octanol–water partition coefficient (Wildman–Crippen LogP) is -0.108. The summed E-state index contributed by atoms with van der Waals surface area (Å²) < 4.78 is 6.62. The number of aromatic nitrogens is 2. The highest BCUT2D eigenvalue weighted by Gasteiger charge is 2.14. The van der Waals surface area contributed by atoms with Gasteiger partial charge in [0.25, 0.3) is 0 Å². The lowest BCUT2D eigenvalue weighted by molar-refractivity contribution is -0.132. The van der Waals surface area contributed by atoms with Gasteiger partial charge in [0.15, 0.2) is 0 Å². The first-order valence-corrected chi connectivity index (χ1v) is 6.72. The Morgan fingerprint density at radius 2 is 2.15 bits per heavy atom. The third-order valence-corrected chi connectivity index (χ3v) is 2.90. The molecule has 0 aliphatic carbocycles. The molecule has 0 spiro atoms. The Balaban J connectivity index is 2.49. The summed E-state index contributed by atoms with van der Waals surface area (Å²) >= 11 is 0. The summed E-state index contributed by atoms with van der Waals surface area (Å²) in [6, 6.07) is 0. The molecule has 0 saturated heterocycles. The van der Waals surface area contributed by atoms with E-state index in [-0.39, 0.29) is 12.5 Å². The molecule has 1 aromatic heterocycles. The minimum atomic E-state index is 0.0314. The van der Waals surface area contributed by atoms with Gasteiger partial charge in [-0.15, -0.1) is 0 Å². The Bertz CT molecular complexity index is 405. The number of rotatable bonds is 9. The van der Waals surface area contributed by atoms with Crippen molar-refractivity contribution >= 4 is 11.6 Å². The fraction of sp³-hybridized carbons (Fsp3) is 0.692. The summed E-state index contributed by atoms with van der Waals surface area (Å²) in [5, 5.41) is 4.03. The van der Waals surface area contributed by atoms with Gasteiger partial charge in [0.2, 0.25) is 5.91 Å². The molecular weight excluding hydrogens is 258 g/mol. The number of carbonyl (C=O) groups excluding carboxylic acids is 1. The fourth-order valence-electron chi connectivity index (χ4n) is 1.85. The maximum Gasteiger partial charge on any atom is 0.244 e. The van der Waals surface area contributed by atoms with E-state index in [1.54, 1.807) is 24.2 Å². The van der Waals surface area contributed by atoms with Crippen molar-refractivity contribution in [2.24, 2.45) is 0 Å². The number of carbonyl (C=O) groups is 1. The Hall–Kier alpha value is -1.60. The van der Waals surface area contributed by atoms with E-state index in [9.17, 15) is 4.79 Å². The zero-order valence-electron chi connectivity index (χ0n) is 12.6. The standard InChI is InChI=1S/C13H25N5O2/c1-16(2)5-4-6-17(7-8-20-3)13(19)11-18-10-12(14)9-15-18/h9-10H,4-8,11,14H2,1-3H3. The van der Waals surface area contributed by atoms with E-state index >= 15 is 0 Å². The first kappa shape index (κ1) is 16.5. The second kappa shape index (κ2) is 8.55. The molecule has 0 bridgehead atoms. The highest BCUT2D eigenvalue weighted by Crippen LogP contribution is 2.01. The maximum atomic E-state index is 12.3. The molecule has 1 amide bonds. The lowest BCUT2D eigenvalue weighted by atomic mass is 10.3. The average molecular weight is 283 g/mol. The number of nitrogen functional groups attached to an aromatic ring is 1. The number of amides is 1. The summed E-state index contributed by atoms with van der Waals surface area (Å²) in [7, 11) is 5.68. The van der Waals surface area contributed by atoms with Crippen LogP contribution in [0.5, 0.6) is 0 Å². The monoisotopic (exact) mass is 283 g/mol. The van der Waals surface area contributed by atoms with Gasteiger partial charge in [-0.3, -0.25) is 9.48 Å². The SMILES string of the molecule is COCCN(CCCN(C)C)C(=O)Cn1cc(N)cn1. The summed E-state index contributed by atoms with van der Waals surface area (Å²) in [5.41, 5.74) is 6.15. The van der Waals surface area contributed by atoms with Gasteiger partial charge in [-0.1, -0.05) is 0 Å². The largest absolute Gasteiger partial charge is 0.396 e. The van der Waals surface area contributed by atoms with Crippen LogP contribution in [0.3, 0.4) is 0 Å². The van der Waals surface area contributed by atoms with E-state index in [0.29, 0.717) is 18.8 Å². The molecule has 2 N–H and O–H groups in total. The zero-order valence-corrected chi connectivity index (χ0v) is 12.6. The van der Waals surface area contributed by atoms with Crippen molar-refractivity contribution in [3.8, 4) is 0 Å². The molecule has 0 radical (unpaired) electrons. The van der Waals surface area contributed by atoms with E-state index in [1.807, 2.05) is 19.0 Å². The number of nitrogens with two attached hydrogens (primary N) is 1. The Labute approximate surface area is 120 Å². The zero-order chi connectivity index (χ0) is 15.0. The van der Waals surface area contributed by atoms with Gasteiger partial charge in [-0.25, -0.2) is 0 Å². The molecule has 0 aliphatic rings. The second-order valence-electron chi connectivity index (χ2n) is 5.00. The smallest absolute Gasteiger partial charge is 0.244 e. The van der Waals surface area contributed by atoms with Crippen molar-refractivity contribution in [2.45, 2.75) is 13.0 Å². The molecule has 114 valence electrons. The fourth-order valence-corrected chi connectivity index (χ4v) is 1.85. The minimum Gasteiger partial charge on any atom is -0.396 e.